The molecule has 1 aromatic carbocycles. The lowest BCUT2D eigenvalue weighted by molar-refractivity contribution is 0.267. The highest BCUT2D eigenvalue weighted by molar-refractivity contribution is 6.31. The molecule has 0 unspecified atom stereocenters. The van der Waals surface area contributed by atoms with Crippen molar-refractivity contribution < 1.29 is 9.47 Å². The van der Waals surface area contributed by atoms with E-state index in [4.69, 9.17) is 32.7 Å². The summed E-state index contributed by atoms with van der Waals surface area (Å²) in [5.74, 6) is 2.19. The van der Waals surface area contributed by atoms with Gasteiger partial charge in [-0.3, -0.25) is 0 Å². The molecule has 7 heteroatoms. The van der Waals surface area contributed by atoms with E-state index in [1.165, 1.54) is 6.33 Å². The van der Waals surface area contributed by atoms with Gasteiger partial charge in [0.25, 0.3) is 0 Å². The molecule has 0 spiro atoms. The predicted molar refractivity (Wildman–Crippen MR) is 82.2 cm³/mol. The maximum absolute atomic E-state index is 6.03. The number of hydrogen-bond donors (Lipinski definition) is 0. The van der Waals surface area contributed by atoms with Crippen LogP contribution in [0.15, 0.2) is 18.5 Å². The number of aryl methyl sites for hydroxylation is 1. The number of hydrogen-bond acceptors (Lipinski definition) is 4. The monoisotopic (exact) mass is 329 g/mol. The van der Waals surface area contributed by atoms with E-state index < -0.39 is 0 Å². The van der Waals surface area contributed by atoms with Crippen molar-refractivity contribution in [3.63, 3.8) is 0 Å². The fourth-order valence-corrected chi connectivity index (χ4v) is 2.40. The lowest BCUT2D eigenvalue weighted by Gasteiger charge is -2.14. The first-order valence-electron chi connectivity index (χ1n) is 6.61. The molecule has 0 N–H and O–H groups in total. The van der Waals surface area contributed by atoms with Crippen LogP contribution < -0.4 is 9.47 Å². The lowest BCUT2D eigenvalue weighted by atomic mass is 10.2. The lowest BCUT2D eigenvalue weighted by Crippen LogP contribution is -2.09. The van der Waals surface area contributed by atoms with Crippen molar-refractivity contribution in [2.45, 2.75) is 32.4 Å². The molecular formula is C14H17Cl2N3O2. The van der Waals surface area contributed by atoms with E-state index in [9.17, 15) is 0 Å². The number of aromatic nitrogens is 3. The molecule has 2 aromatic rings. The van der Waals surface area contributed by atoms with Gasteiger partial charge < -0.3 is 9.47 Å². The number of nitrogens with zero attached hydrogens (tertiary/aromatic N) is 3. The van der Waals surface area contributed by atoms with Crippen molar-refractivity contribution in [3.05, 3.63) is 34.9 Å². The van der Waals surface area contributed by atoms with Gasteiger partial charge in [-0.25, -0.2) is 9.67 Å². The largest absolute Gasteiger partial charge is 0.493 e. The Morgan fingerprint density at radius 3 is 2.81 bits per heavy atom. The topological polar surface area (TPSA) is 49.2 Å². The number of halogens is 2. The Morgan fingerprint density at radius 2 is 2.14 bits per heavy atom. The van der Waals surface area contributed by atoms with Crippen LogP contribution >= 0.6 is 23.2 Å². The Morgan fingerprint density at radius 1 is 1.33 bits per heavy atom. The van der Waals surface area contributed by atoms with Gasteiger partial charge >= 0.3 is 0 Å². The molecule has 0 aliphatic heterocycles. The molecule has 0 aliphatic rings. The van der Waals surface area contributed by atoms with Crippen LogP contribution in [0.5, 0.6) is 11.5 Å². The Kier molecular flexibility index (Phi) is 5.70. The highest BCUT2D eigenvalue weighted by atomic mass is 35.5. The van der Waals surface area contributed by atoms with Crippen LogP contribution in [0.3, 0.4) is 0 Å². The smallest absolute Gasteiger partial charge is 0.166 e. The normalized spacial score (nSPS) is 10.7. The summed E-state index contributed by atoms with van der Waals surface area (Å²) in [5.41, 5.74) is 0.780. The minimum atomic E-state index is 0.286. The molecule has 5 nitrogen and oxygen atoms in total. The zero-order valence-corrected chi connectivity index (χ0v) is 13.5. The average molecular weight is 330 g/mol. The molecule has 0 saturated heterocycles. The van der Waals surface area contributed by atoms with Crippen LogP contribution in [0.25, 0.3) is 0 Å². The number of alkyl halides is 1. The second-order valence-electron chi connectivity index (χ2n) is 4.42. The molecule has 0 radical (unpaired) electrons. The van der Waals surface area contributed by atoms with Crippen molar-refractivity contribution in [1.29, 1.82) is 0 Å². The summed E-state index contributed by atoms with van der Waals surface area (Å²) in [6, 6.07) is 3.47. The van der Waals surface area contributed by atoms with Crippen LogP contribution in [0, 0.1) is 0 Å². The quantitative estimate of drug-likeness (QED) is 0.727. The number of benzene rings is 1. The minimum absolute atomic E-state index is 0.286. The average Bonchev–Trinajstić information content (AvgIpc) is 2.92. The van der Waals surface area contributed by atoms with Crippen molar-refractivity contribution >= 4 is 23.2 Å². The van der Waals surface area contributed by atoms with E-state index in [0.717, 1.165) is 24.4 Å². The zero-order chi connectivity index (χ0) is 15.2. The van der Waals surface area contributed by atoms with Crippen LogP contribution in [0.2, 0.25) is 5.02 Å². The highest BCUT2D eigenvalue weighted by Gasteiger charge is 2.14. The first-order chi connectivity index (χ1) is 10.2. The van der Waals surface area contributed by atoms with E-state index in [0.29, 0.717) is 23.1 Å². The number of ether oxygens (including phenoxy) is 2. The Bertz CT molecular complexity index is 577. The van der Waals surface area contributed by atoms with Crippen molar-refractivity contribution in [2.75, 3.05) is 7.11 Å². The van der Waals surface area contributed by atoms with Crippen LogP contribution in [0.1, 0.15) is 24.7 Å². The van der Waals surface area contributed by atoms with E-state index in [2.05, 4.69) is 17.0 Å². The maximum Gasteiger partial charge on any atom is 0.166 e. The zero-order valence-electron chi connectivity index (χ0n) is 12.0. The summed E-state index contributed by atoms with van der Waals surface area (Å²) < 4.78 is 13.0. The van der Waals surface area contributed by atoms with Crippen molar-refractivity contribution in [1.82, 2.24) is 14.8 Å². The van der Waals surface area contributed by atoms with Crippen LogP contribution in [-0.4, -0.2) is 21.9 Å². The number of methoxy groups -OCH3 is 1. The van der Waals surface area contributed by atoms with E-state index in [1.807, 2.05) is 4.68 Å². The Labute approximate surface area is 133 Å². The molecular weight excluding hydrogens is 313 g/mol. The van der Waals surface area contributed by atoms with Gasteiger partial charge in [0, 0.05) is 23.2 Å². The summed E-state index contributed by atoms with van der Waals surface area (Å²) in [6.45, 7) is 3.18. The molecule has 0 fully saturated rings. The van der Waals surface area contributed by atoms with E-state index in [-0.39, 0.29) is 5.88 Å². The second-order valence-corrected chi connectivity index (χ2v) is 5.12. The maximum atomic E-state index is 6.03. The molecule has 0 amide bonds. The second kappa shape index (κ2) is 7.52. The molecule has 2 rings (SSSR count). The van der Waals surface area contributed by atoms with Gasteiger partial charge in [-0.15, -0.1) is 11.6 Å². The van der Waals surface area contributed by atoms with Gasteiger partial charge in [0.1, 0.15) is 12.9 Å². The van der Waals surface area contributed by atoms with Crippen molar-refractivity contribution in [3.8, 4) is 11.5 Å². The van der Waals surface area contributed by atoms with Crippen LogP contribution in [-0.2, 0) is 19.0 Å². The molecule has 0 bridgehead atoms. The van der Waals surface area contributed by atoms with Crippen LogP contribution in [0.4, 0.5) is 0 Å². The van der Waals surface area contributed by atoms with Gasteiger partial charge in [0.2, 0.25) is 0 Å². The summed E-state index contributed by atoms with van der Waals surface area (Å²) in [4.78, 5) is 4.21. The molecule has 0 aliphatic carbocycles. The summed E-state index contributed by atoms with van der Waals surface area (Å²) in [7, 11) is 1.57. The molecule has 1 aromatic heterocycles. The fraction of sp³-hybridized carbons (Fsp3) is 0.429. The van der Waals surface area contributed by atoms with Crippen molar-refractivity contribution in [2.24, 2.45) is 0 Å². The summed E-state index contributed by atoms with van der Waals surface area (Å²) >= 11 is 12.0. The first kappa shape index (κ1) is 15.9. The van der Waals surface area contributed by atoms with Gasteiger partial charge in [0.15, 0.2) is 17.3 Å². The Balaban J connectivity index is 2.21. The van der Waals surface area contributed by atoms with E-state index in [1.54, 1.807) is 19.2 Å². The molecule has 0 saturated carbocycles. The molecule has 1 heterocycles. The first-order valence-corrected chi connectivity index (χ1v) is 7.52. The highest BCUT2D eigenvalue weighted by Crippen LogP contribution is 2.36. The molecule has 21 heavy (non-hydrogen) atoms. The third-order valence-corrected chi connectivity index (χ3v) is 3.44. The third kappa shape index (κ3) is 3.80. The van der Waals surface area contributed by atoms with Gasteiger partial charge in [-0.2, -0.15) is 5.10 Å². The predicted octanol–water partition coefficient (Wildman–Crippen LogP) is 3.67. The van der Waals surface area contributed by atoms with E-state index >= 15 is 0 Å². The third-order valence-electron chi connectivity index (χ3n) is 2.94. The molecule has 114 valence electrons. The fourth-order valence-electron chi connectivity index (χ4n) is 1.97. The standard InChI is InChI=1S/C14H17Cl2N3O2/c1-3-4-19-13(17-9-18-19)8-21-14-10(7-15)5-11(16)6-12(14)20-2/h5-6,9H,3-4,7-8H2,1-2H3. The van der Waals surface area contributed by atoms with Gasteiger partial charge in [-0.05, 0) is 12.5 Å². The summed E-state index contributed by atoms with van der Waals surface area (Å²) in [6.07, 6.45) is 2.50. The van der Waals surface area contributed by atoms with Gasteiger partial charge in [0.05, 0.1) is 13.0 Å². The minimum Gasteiger partial charge on any atom is -0.493 e. The van der Waals surface area contributed by atoms with Gasteiger partial charge in [-0.1, -0.05) is 18.5 Å². The SMILES string of the molecule is CCCn1ncnc1COc1c(CCl)cc(Cl)cc1OC. The number of rotatable bonds is 7. The molecule has 0 atom stereocenters. The summed E-state index contributed by atoms with van der Waals surface area (Å²) in [5, 5.41) is 4.72. The Hall–Kier alpha value is -1.46.